The molecule has 5 nitrogen and oxygen atoms in total. The molecule has 2 aromatic rings. The normalized spacial score (nSPS) is 17.1. The van der Waals surface area contributed by atoms with Gasteiger partial charge < -0.3 is 10.8 Å². The number of nitrogens with two attached hydrogens (primary N) is 1. The van der Waals surface area contributed by atoms with Gasteiger partial charge in [0.1, 0.15) is 5.75 Å². The van der Waals surface area contributed by atoms with Gasteiger partial charge in [-0.2, -0.15) is 0 Å². The molecule has 0 aromatic carbocycles. The number of anilines is 1. The maximum Gasteiger partial charge on any atom is 0.220 e. The van der Waals surface area contributed by atoms with E-state index < -0.39 is 0 Å². The minimum absolute atomic E-state index is 0.119. The zero-order valence-electron chi connectivity index (χ0n) is 12.9. The average molecular weight is 296 g/mol. The van der Waals surface area contributed by atoms with Crippen molar-refractivity contribution in [1.82, 2.24) is 15.0 Å². The molecule has 114 valence electrons. The lowest BCUT2D eigenvalue weighted by Gasteiger charge is -2.29. The second-order valence-electron chi connectivity index (χ2n) is 6.48. The molecule has 0 spiro atoms. The molecule has 2 aromatic heterocycles. The zero-order chi connectivity index (χ0) is 15.7. The smallest absolute Gasteiger partial charge is 0.220 e. The van der Waals surface area contributed by atoms with Crippen molar-refractivity contribution in [3.8, 4) is 16.9 Å². The predicted octanol–water partition coefficient (Wildman–Crippen LogP) is 3.42. The summed E-state index contributed by atoms with van der Waals surface area (Å²) < 4.78 is 0. The first-order valence-electron chi connectivity index (χ1n) is 7.41. The van der Waals surface area contributed by atoms with Crippen LogP contribution >= 0.6 is 0 Å². The van der Waals surface area contributed by atoms with Crippen LogP contribution < -0.4 is 5.73 Å². The number of aromatic hydroxyl groups is 1. The molecule has 2 heterocycles. The zero-order valence-corrected chi connectivity index (χ0v) is 12.9. The molecule has 0 amide bonds. The van der Waals surface area contributed by atoms with Crippen LogP contribution in [0.15, 0.2) is 30.7 Å². The van der Waals surface area contributed by atoms with Crippen LogP contribution in [-0.2, 0) is 0 Å². The van der Waals surface area contributed by atoms with Gasteiger partial charge in [0.05, 0.1) is 11.9 Å². The van der Waals surface area contributed by atoms with Crippen LogP contribution in [0.2, 0.25) is 0 Å². The third-order valence-corrected chi connectivity index (χ3v) is 4.17. The molecule has 0 aliphatic heterocycles. The summed E-state index contributed by atoms with van der Waals surface area (Å²) in [7, 11) is 0. The van der Waals surface area contributed by atoms with Gasteiger partial charge in [0, 0.05) is 23.5 Å². The van der Waals surface area contributed by atoms with Crippen LogP contribution in [0.4, 0.5) is 5.95 Å². The van der Waals surface area contributed by atoms with Gasteiger partial charge in [0.15, 0.2) is 0 Å². The van der Waals surface area contributed by atoms with Gasteiger partial charge in [-0.05, 0) is 36.3 Å². The molecular weight excluding hydrogens is 276 g/mol. The van der Waals surface area contributed by atoms with Crippen LogP contribution in [0.1, 0.15) is 38.8 Å². The second-order valence-corrected chi connectivity index (χ2v) is 6.48. The Morgan fingerprint density at radius 3 is 2.73 bits per heavy atom. The fourth-order valence-corrected chi connectivity index (χ4v) is 2.74. The van der Waals surface area contributed by atoms with Gasteiger partial charge in [0.25, 0.3) is 0 Å². The molecule has 3 rings (SSSR count). The predicted molar refractivity (Wildman–Crippen MR) is 86.9 cm³/mol. The van der Waals surface area contributed by atoms with E-state index in [9.17, 15) is 5.11 Å². The van der Waals surface area contributed by atoms with Gasteiger partial charge in [-0.15, -0.1) is 0 Å². The highest BCUT2D eigenvalue weighted by atomic mass is 16.3. The third-order valence-electron chi connectivity index (χ3n) is 4.17. The van der Waals surface area contributed by atoms with E-state index in [4.69, 9.17) is 5.73 Å². The molecule has 0 atom stereocenters. The molecular formula is C17H20N4O. The van der Waals surface area contributed by atoms with E-state index in [1.165, 1.54) is 11.8 Å². The lowest BCUT2D eigenvalue weighted by atomic mass is 9.77. The Kier molecular flexibility index (Phi) is 3.56. The number of aromatic nitrogens is 3. The maximum atomic E-state index is 10.1. The lowest BCUT2D eigenvalue weighted by Crippen LogP contribution is -2.15. The number of pyridine rings is 1. The van der Waals surface area contributed by atoms with Gasteiger partial charge in [-0.3, -0.25) is 4.98 Å². The molecule has 0 unspecified atom stereocenters. The molecule has 0 saturated heterocycles. The number of allylic oxidation sites excluding steroid dienone is 2. The average Bonchev–Trinajstić information content (AvgIpc) is 2.48. The van der Waals surface area contributed by atoms with Gasteiger partial charge >= 0.3 is 0 Å². The summed E-state index contributed by atoms with van der Waals surface area (Å²) >= 11 is 0. The quantitative estimate of drug-likeness (QED) is 0.887. The van der Waals surface area contributed by atoms with Crippen LogP contribution in [0.25, 0.3) is 16.7 Å². The Bertz CT molecular complexity index is 737. The fraction of sp³-hybridized carbons (Fsp3) is 0.353. The summed E-state index contributed by atoms with van der Waals surface area (Å²) in [6.07, 6.45) is 10.0. The monoisotopic (exact) mass is 296 g/mol. The third kappa shape index (κ3) is 2.79. The molecule has 0 radical (unpaired) electrons. The van der Waals surface area contributed by atoms with Crippen molar-refractivity contribution in [2.24, 2.45) is 5.41 Å². The molecule has 5 heteroatoms. The standard InChI is InChI=1S/C17H20N4O/c1-17(2)6-3-11(4-7-17)15-13(9-20-16(18)21-15)12-5-8-19-10-14(12)22/h3,5,8-10,22H,4,6-7H2,1-2H3,(H2,18,20,21). The van der Waals surface area contributed by atoms with Crippen molar-refractivity contribution >= 4 is 11.5 Å². The van der Waals surface area contributed by atoms with Gasteiger partial charge in [-0.25, -0.2) is 9.97 Å². The van der Waals surface area contributed by atoms with Crippen molar-refractivity contribution in [2.75, 3.05) is 5.73 Å². The summed E-state index contributed by atoms with van der Waals surface area (Å²) in [4.78, 5) is 12.4. The maximum absolute atomic E-state index is 10.1. The number of nitrogen functional groups attached to an aromatic ring is 1. The molecule has 0 saturated carbocycles. The Morgan fingerprint density at radius 1 is 1.23 bits per heavy atom. The van der Waals surface area contributed by atoms with Crippen LogP contribution in [0, 0.1) is 5.41 Å². The Labute approximate surface area is 130 Å². The SMILES string of the molecule is CC1(C)CC=C(c2nc(N)ncc2-c2ccncc2O)CC1. The molecule has 0 bridgehead atoms. The van der Waals surface area contributed by atoms with E-state index >= 15 is 0 Å². The van der Waals surface area contributed by atoms with Crippen molar-refractivity contribution in [3.05, 3.63) is 36.4 Å². The first-order chi connectivity index (χ1) is 10.5. The van der Waals surface area contributed by atoms with Crippen LogP contribution in [0.3, 0.4) is 0 Å². The van der Waals surface area contributed by atoms with Gasteiger partial charge in [-0.1, -0.05) is 19.9 Å². The van der Waals surface area contributed by atoms with E-state index in [0.29, 0.717) is 11.0 Å². The minimum atomic E-state index is 0.119. The molecule has 1 aliphatic rings. The first kappa shape index (κ1) is 14.5. The fourth-order valence-electron chi connectivity index (χ4n) is 2.74. The van der Waals surface area contributed by atoms with E-state index in [2.05, 4.69) is 34.9 Å². The van der Waals surface area contributed by atoms with E-state index in [1.807, 2.05) is 0 Å². The summed E-state index contributed by atoms with van der Waals surface area (Å²) in [6, 6.07) is 1.76. The summed E-state index contributed by atoms with van der Waals surface area (Å²) in [5.41, 5.74) is 9.54. The van der Waals surface area contributed by atoms with Crippen molar-refractivity contribution in [3.63, 3.8) is 0 Å². The highest BCUT2D eigenvalue weighted by Crippen LogP contribution is 2.41. The summed E-state index contributed by atoms with van der Waals surface area (Å²) in [6.45, 7) is 4.54. The largest absolute Gasteiger partial charge is 0.506 e. The van der Waals surface area contributed by atoms with Crippen molar-refractivity contribution in [2.45, 2.75) is 33.1 Å². The minimum Gasteiger partial charge on any atom is -0.506 e. The lowest BCUT2D eigenvalue weighted by molar-refractivity contribution is 0.335. The number of rotatable bonds is 2. The number of hydrogen-bond donors (Lipinski definition) is 2. The highest BCUT2D eigenvalue weighted by Gasteiger charge is 2.24. The van der Waals surface area contributed by atoms with Crippen molar-refractivity contribution < 1.29 is 5.11 Å². The van der Waals surface area contributed by atoms with Crippen LogP contribution in [-0.4, -0.2) is 20.1 Å². The Balaban J connectivity index is 2.10. The van der Waals surface area contributed by atoms with Gasteiger partial charge in [0.2, 0.25) is 5.95 Å². The summed E-state index contributed by atoms with van der Waals surface area (Å²) in [5.74, 6) is 0.367. The molecule has 1 aliphatic carbocycles. The van der Waals surface area contributed by atoms with E-state index in [1.54, 1.807) is 18.5 Å². The molecule has 0 fully saturated rings. The second kappa shape index (κ2) is 5.40. The topological polar surface area (TPSA) is 84.9 Å². The van der Waals surface area contributed by atoms with E-state index in [0.717, 1.165) is 30.5 Å². The van der Waals surface area contributed by atoms with Crippen molar-refractivity contribution in [1.29, 1.82) is 0 Å². The molecule has 22 heavy (non-hydrogen) atoms. The Hall–Kier alpha value is -2.43. The molecule has 3 N–H and O–H groups in total. The van der Waals surface area contributed by atoms with E-state index in [-0.39, 0.29) is 11.7 Å². The summed E-state index contributed by atoms with van der Waals surface area (Å²) in [5, 5.41) is 10.1. The number of hydrogen-bond acceptors (Lipinski definition) is 5. The number of nitrogens with zero attached hydrogens (tertiary/aromatic N) is 3. The van der Waals surface area contributed by atoms with Crippen LogP contribution in [0.5, 0.6) is 5.75 Å². The highest BCUT2D eigenvalue weighted by molar-refractivity contribution is 5.81. The Morgan fingerprint density at radius 2 is 2.05 bits per heavy atom. The first-order valence-corrected chi connectivity index (χ1v) is 7.41.